The van der Waals surface area contributed by atoms with Gasteiger partial charge in [-0.15, -0.1) is 5.10 Å². The second-order valence-electron chi connectivity index (χ2n) is 10.1. The second-order valence-corrected chi connectivity index (χ2v) is 10.4. The van der Waals surface area contributed by atoms with E-state index in [1.807, 2.05) is 25.1 Å². The summed E-state index contributed by atoms with van der Waals surface area (Å²) >= 11 is 6.48. The normalized spacial score (nSPS) is 15.9. The lowest BCUT2D eigenvalue weighted by Gasteiger charge is -2.31. The fraction of sp³-hybridized carbons (Fsp3) is 0.481. The highest BCUT2D eigenvalue weighted by Crippen LogP contribution is 2.34. The van der Waals surface area contributed by atoms with Gasteiger partial charge in [-0.2, -0.15) is 9.61 Å². The topological polar surface area (TPSA) is 94.6 Å². The predicted octanol–water partition coefficient (Wildman–Crippen LogP) is 4.24. The van der Waals surface area contributed by atoms with Crippen molar-refractivity contribution in [1.82, 2.24) is 34.3 Å². The largest absolute Gasteiger partial charge is 0.497 e. The van der Waals surface area contributed by atoms with Crippen molar-refractivity contribution in [2.75, 3.05) is 32.6 Å². The minimum absolute atomic E-state index is 0.410. The number of anilines is 1. The highest BCUT2D eigenvalue weighted by molar-refractivity contribution is 6.30. The number of fused-ring (bicyclic) bond motifs is 2. The first kappa shape index (κ1) is 24.9. The average Bonchev–Trinajstić information content (AvgIpc) is 3.52. The summed E-state index contributed by atoms with van der Waals surface area (Å²) in [5.41, 5.74) is 5.28. The molecule has 3 aromatic heterocycles. The van der Waals surface area contributed by atoms with Crippen LogP contribution in [-0.4, -0.2) is 61.6 Å². The Kier molecular flexibility index (Phi) is 6.84. The van der Waals surface area contributed by atoms with E-state index in [1.165, 1.54) is 30.5 Å². The first-order valence-corrected chi connectivity index (χ1v) is 13.6. The van der Waals surface area contributed by atoms with E-state index in [-0.39, 0.29) is 0 Å². The van der Waals surface area contributed by atoms with Crippen LogP contribution in [-0.2, 0) is 25.9 Å². The number of nitrogens with one attached hydrogen (secondary N) is 1. The molecule has 4 heterocycles. The van der Waals surface area contributed by atoms with Gasteiger partial charge in [0.15, 0.2) is 11.5 Å². The van der Waals surface area contributed by atoms with E-state index >= 15 is 0 Å². The van der Waals surface area contributed by atoms with E-state index in [9.17, 15) is 0 Å². The van der Waals surface area contributed by atoms with Gasteiger partial charge in [0.05, 0.1) is 26.5 Å². The van der Waals surface area contributed by atoms with E-state index < -0.39 is 0 Å². The SMILES string of the molecule is COc1ccc(CNc2nc(Cl)c(C)c3nc(CCN4CCc5c(cnn5C5CCC5)C4)nn23)c(OC)c1. The highest BCUT2D eigenvalue weighted by Gasteiger charge is 2.27. The van der Waals surface area contributed by atoms with Crippen LogP contribution >= 0.6 is 11.6 Å². The van der Waals surface area contributed by atoms with Gasteiger partial charge in [-0.05, 0) is 38.3 Å². The molecule has 0 unspecified atom stereocenters. The van der Waals surface area contributed by atoms with Crippen molar-refractivity contribution in [2.24, 2.45) is 0 Å². The maximum atomic E-state index is 6.48. The van der Waals surface area contributed by atoms with Crippen LogP contribution in [0.25, 0.3) is 5.65 Å². The third-order valence-corrected chi connectivity index (χ3v) is 8.12. The van der Waals surface area contributed by atoms with Crippen LogP contribution in [0.1, 0.15) is 53.5 Å². The lowest BCUT2D eigenvalue weighted by Crippen LogP contribution is -2.33. The summed E-state index contributed by atoms with van der Waals surface area (Å²) in [6.45, 7) is 5.25. The van der Waals surface area contributed by atoms with E-state index in [2.05, 4.69) is 26.1 Å². The van der Waals surface area contributed by atoms with Crippen molar-refractivity contribution in [1.29, 1.82) is 0 Å². The first-order chi connectivity index (χ1) is 18.5. The Bertz CT molecular complexity index is 1460. The van der Waals surface area contributed by atoms with Crippen molar-refractivity contribution in [3.05, 3.63) is 57.8 Å². The standard InChI is InChI=1S/C27H33ClN8O2/c1-17-25(28)32-27(29-14-18-7-8-21(37-2)13-23(18)38-3)36-26(17)31-24(33-36)10-12-34-11-9-22-19(16-34)15-30-35(22)20-5-4-6-20/h7-8,13,15,20H,4-6,9-12,14,16H2,1-3H3,(H,29,32). The number of halogens is 1. The number of nitrogens with zero attached hydrogens (tertiary/aromatic N) is 7. The molecule has 0 saturated heterocycles. The van der Waals surface area contributed by atoms with Gasteiger partial charge in [0.1, 0.15) is 16.7 Å². The quantitative estimate of drug-likeness (QED) is 0.317. The Balaban J connectivity index is 1.16. The molecule has 0 amide bonds. The van der Waals surface area contributed by atoms with Crippen LogP contribution in [0, 0.1) is 6.92 Å². The summed E-state index contributed by atoms with van der Waals surface area (Å²) < 4.78 is 14.9. The summed E-state index contributed by atoms with van der Waals surface area (Å²) in [4.78, 5) is 11.8. The molecule has 1 fully saturated rings. The summed E-state index contributed by atoms with van der Waals surface area (Å²) in [5.74, 6) is 2.78. The fourth-order valence-electron chi connectivity index (χ4n) is 5.26. The summed E-state index contributed by atoms with van der Waals surface area (Å²) in [7, 11) is 3.28. The molecule has 10 nitrogen and oxygen atoms in total. The number of methoxy groups -OCH3 is 2. The van der Waals surface area contributed by atoms with Crippen LogP contribution in [0.3, 0.4) is 0 Å². The molecular formula is C27H33ClN8O2. The third-order valence-electron chi connectivity index (χ3n) is 7.75. The molecule has 0 atom stereocenters. The lowest BCUT2D eigenvalue weighted by atomic mass is 9.92. The number of rotatable bonds is 9. The van der Waals surface area contributed by atoms with Crippen molar-refractivity contribution in [2.45, 2.75) is 58.2 Å². The summed E-state index contributed by atoms with van der Waals surface area (Å²) in [5, 5.41) is 13.3. The van der Waals surface area contributed by atoms with Crippen LogP contribution in [0.15, 0.2) is 24.4 Å². The molecule has 1 saturated carbocycles. The highest BCUT2D eigenvalue weighted by atomic mass is 35.5. The van der Waals surface area contributed by atoms with Crippen molar-refractivity contribution < 1.29 is 9.47 Å². The molecule has 1 aliphatic heterocycles. The average molecular weight is 537 g/mol. The van der Waals surface area contributed by atoms with E-state index in [1.54, 1.807) is 18.7 Å². The molecule has 200 valence electrons. The minimum Gasteiger partial charge on any atom is -0.497 e. The Morgan fingerprint density at radius 2 is 2.03 bits per heavy atom. The number of aromatic nitrogens is 6. The lowest BCUT2D eigenvalue weighted by molar-refractivity contribution is 0.238. The molecule has 38 heavy (non-hydrogen) atoms. The van der Waals surface area contributed by atoms with Crippen molar-refractivity contribution in [3.63, 3.8) is 0 Å². The number of benzene rings is 1. The zero-order valence-corrected chi connectivity index (χ0v) is 22.8. The molecule has 11 heteroatoms. The van der Waals surface area contributed by atoms with E-state index in [0.29, 0.717) is 29.3 Å². The smallest absolute Gasteiger partial charge is 0.227 e. The van der Waals surface area contributed by atoms with Gasteiger partial charge in [0.25, 0.3) is 0 Å². The molecule has 4 aromatic rings. The summed E-state index contributed by atoms with van der Waals surface area (Å²) in [6.07, 6.45) is 7.71. The van der Waals surface area contributed by atoms with Crippen molar-refractivity contribution >= 4 is 23.2 Å². The predicted molar refractivity (Wildman–Crippen MR) is 145 cm³/mol. The van der Waals surface area contributed by atoms with Gasteiger partial charge in [-0.3, -0.25) is 9.58 Å². The van der Waals surface area contributed by atoms with Gasteiger partial charge < -0.3 is 14.8 Å². The monoisotopic (exact) mass is 536 g/mol. The van der Waals surface area contributed by atoms with Crippen molar-refractivity contribution in [3.8, 4) is 11.5 Å². The van der Waals surface area contributed by atoms with E-state index in [0.717, 1.165) is 60.9 Å². The van der Waals surface area contributed by atoms with Gasteiger partial charge >= 0.3 is 0 Å². The first-order valence-electron chi connectivity index (χ1n) is 13.2. The molecular weight excluding hydrogens is 504 g/mol. The fourth-order valence-corrected chi connectivity index (χ4v) is 5.43. The van der Waals surface area contributed by atoms with Gasteiger partial charge in [-0.1, -0.05) is 11.6 Å². The number of aryl methyl sites for hydroxylation is 1. The van der Waals surface area contributed by atoms with Gasteiger partial charge in [-0.25, -0.2) is 9.97 Å². The third kappa shape index (κ3) is 4.67. The summed E-state index contributed by atoms with van der Waals surface area (Å²) in [6, 6.07) is 6.34. The van der Waals surface area contributed by atoms with Crippen LogP contribution in [0.2, 0.25) is 5.15 Å². The van der Waals surface area contributed by atoms with Gasteiger partial charge in [0.2, 0.25) is 5.95 Å². The molecule has 0 bridgehead atoms. The Labute approximate surface area is 226 Å². The second kappa shape index (κ2) is 10.4. The molecule has 0 radical (unpaired) electrons. The molecule has 1 aliphatic carbocycles. The number of hydrogen-bond donors (Lipinski definition) is 1. The molecule has 0 spiro atoms. The Hall–Kier alpha value is -3.37. The molecule has 2 aliphatic rings. The maximum Gasteiger partial charge on any atom is 0.227 e. The van der Waals surface area contributed by atoms with E-state index in [4.69, 9.17) is 36.3 Å². The number of ether oxygens (including phenoxy) is 2. The molecule has 6 rings (SSSR count). The van der Waals surface area contributed by atoms with Crippen LogP contribution < -0.4 is 14.8 Å². The Morgan fingerprint density at radius 1 is 1.16 bits per heavy atom. The maximum absolute atomic E-state index is 6.48. The minimum atomic E-state index is 0.410. The van der Waals surface area contributed by atoms with Crippen LogP contribution in [0.4, 0.5) is 5.95 Å². The van der Waals surface area contributed by atoms with Crippen LogP contribution in [0.5, 0.6) is 11.5 Å². The van der Waals surface area contributed by atoms with Gasteiger partial charge in [0, 0.05) is 67.5 Å². The zero-order chi connectivity index (χ0) is 26.2. The number of hydrogen-bond acceptors (Lipinski definition) is 8. The molecule has 1 N–H and O–H groups in total. The molecule has 1 aromatic carbocycles. The zero-order valence-electron chi connectivity index (χ0n) is 22.1. The Morgan fingerprint density at radius 3 is 2.79 bits per heavy atom.